The van der Waals surface area contributed by atoms with Crippen molar-refractivity contribution in [1.29, 1.82) is 0 Å². The molecule has 4 nitrogen and oxygen atoms in total. The Morgan fingerprint density at radius 3 is 3.06 bits per heavy atom. The fourth-order valence-corrected chi connectivity index (χ4v) is 2.22. The second-order valence-corrected chi connectivity index (χ2v) is 4.66. The average Bonchev–Trinajstić information content (AvgIpc) is 2.32. The summed E-state index contributed by atoms with van der Waals surface area (Å²) in [7, 11) is 0. The molecule has 2 N–H and O–H groups in total. The first-order chi connectivity index (χ1) is 8.08. The summed E-state index contributed by atoms with van der Waals surface area (Å²) in [6, 6.07) is 5.18. The fraction of sp³-hybridized carbons (Fsp3) is 0.417. The van der Waals surface area contributed by atoms with Crippen LogP contribution in [-0.4, -0.2) is 36.8 Å². The van der Waals surface area contributed by atoms with Gasteiger partial charge in [-0.1, -0.05) is 17.7 Å². The molecule has 1 unspecified atom stereocenters. The van der Waals surface area contributed by atoms with E-state index in [2.05, 4.69) is 10.2 Å². The number of carbonyl (C=O) groups is 1. The van der Waals surface area contributed by atoms with Crippen LogP contribution in [0.2, 0.25) is 5.02 Å². The number of aliphatic carboxylic acids is 1. The van der Waals surface area contributed by atoms with Crippen LogP contribution >= 0.6 is 11.6 Å². The number of nitrogens with one attached hydrogen (secondary N) is 1. The molecule has 1 aromatic carbocycles. The van der Waals surface area contributed by atoms with E-state index in [1.165, 1.54) is 0 Å². The Morgan fingerprint density at radius 1 is 1.59 bits per heavy atom. The molecule has 1 heterocycles. The second kappa shape index (κ2) is 4.94. The molecular formula is C12H15ClN2O2. The van der Waals surface area contributed by atoms with Gasteiger partial charge in [-0.2, -0.15) is 0 Å². The summed E-state index contributed by atoms with van der Waals surface area (Å²) in [4.78, 5) is 13.0. The Morgan fingerprint density at radius 2 is 2.35 bits per heavy atom. The number of carboxylic acids is 1. The van der Waals surface area contributed by atoms with Crippen molar-refractivity contribution in [3.05, 3.63) is 28.8 Å². The van der Waals surface area contributed by atoms with Gasteiger partial charge in [0.1, 0.15) is 6.04 Å². The van der Waals surface area contributed by atoms with Gasteiger partial charge in [-0.3, -0.25) is 4.79 Å². The van der Waals surface area contributed by atoms with Gasteiger partial charge in [0, 0.05) is 30.3 Å². The molecule has 92 valence electrons. The van der Waals surface area contributed by atoms with E-state index in [4.69, 9.17) is 16.7 Å². The maximum atomic E-state index is 11.0. The quantitative estimate of drug-likeness (QED) is 0.840. The zero-order chi connectivity index (χ0) is 12.4. The summed E-state index contributed by atoms with van der Waals surface area (Å²) in [5, 5.41) is 12.7. The molecule has 1 saturated heterocycles. The van der Waals surface area contributed by atoms with Crippen molar-refractivity contribution in [3.63, 3.8) is 0 Å². The summed E-state index contributed by atoms with van der Waals surface area (Å²) in [6.07, 6.45) is 0. The van der Waals surface area contributed by atoms with Crippen molar-refractivity contribution < 1.29 is 9.90 Å². The molecule has 1 aliphatic rings. The van der Waals surface area contributed by atoms with Crippen LogP contribution < -0.4 is 10.2 Å². The molecule has 0 spiro atoms. The first kappa shape index (κ1) is 12.2. The van der Waals surface area contributed by atoms with Gasteiger partial charge in [0.25, 0.3) is 0 Å². The molecule has 2 rings (SSSR count). The fourth-order valence-electron chi connectivity index (χ4n) is 2.06. The molecule has 1 fully saturated rings. The van der Waals surface area contributed by atoms with Gasteiger partial charge in [0.2, 0.25) is 0 Å². The average molecular weight is 255 g/mol. The molecule has 1 aromatic rings. The Balaban J connectivity index is 2.21. The van der Waals surface area contributed by atoms with Crippen LogP contribution in [0.25, 0.3) is 0 Å². The number of carboxylic acid groups (broad SMARTS) is 1. The molecule has 0 radical (unpaired) electrons. The molecule has 0 amide bonds. The van der Waals surface area contributed by atoms with Crippen molar-refractivity contribution in [3.8, 4) is 0 Å². The summed E-state index contributed by atoms with van der Waals surface area (Å²) in [6.45, 7) is 3.94. The van der Waals surface area contributed by atoms with E-state index >= 15 is 0 Å². The van der Waals surface area contributed by atoms with Crippen LogP contribution in [0.4, 0.5) is 5.69 Å². The number of benzene rings is 1. The number of hydrogen-bond acceptors (Lipinski definition) is 3. The first-order valence-corrected chi connectivity index (χ1v) is 5.93. The van der Waals surface area contributed by atoms with Crippen LogP contribution in [0, 0.1) is 6.92 Å². The Bertz CT molecular complexity index is 437. The summed E-state index contributed by atoms with van der Waals surface area (Å²) < 4.78 is 0. The van der Waals surface area contributed by atoms with Crippen LogP contribution in [0.3, 0.4) is 0 Å². The molecule has 17 heavy (non-hydrogen) atoms. The van der Waals surface area contributed by atoms with E-state index in [-0.39, 0.29) is 0 Å². The standard InChI is InChI=1S/C12H15ClN2O2/c1-8-2-3-9(13)6-11(8)15-5-4-14-10(7-15)12(16)17/h2-3,6,10,14H,4-5,7H2,1H3,(H,16,17). The van der Waals surface area contributed by atoms with Gasteiger partial charge in [0.15, 0.2) is 0 Å². The minimum absolute atomic E-state index is 0.469. The maximum Gasteiger partial charge on any atom is 0.322 e. The van der Waals surface area contributed by atoms with Crippen LogP contribution in [-0.2, 0) is 4.79 Å². The summed E-state index contributed by atoms with van der Waals surface area (Å²) in [5.41, 5.74) is 2.13. The monoisotopic (exact) mass is 254 g/mol. The van der Waals surface area contributed by atoms with Crippen molar-refractivity contribution in [1.82, 2.24) is 5.32 Å². The van der Waals surface area contributed by atoms with Crippen molar-refractivity contribution in [2.75, 3.05) is 24.5 Å². The Labute approximate surface area is 105 Å². The largest absolute Gasteiger partial charge is 0.480 e. The number of rotatable bonds is 2. The van der Waals surface area contributed by atoms with Crippen LogP contribution in [0.5, 0.6) is 0 Å². The van der Waals surface area contributed by atoms with E-state index in [1.54, 1.807) is 0 Å². The normalized spacial score (nSPS) is 20.4. The Hall–Kier alpha value is -1.26. The highest BCUT2D eigenvalue weighted by molar-refractivity contribution is 6.30. The molecule has 0 aromatic heterocycles. The number of aryl methyl sites for hydroxylation is 1. The zero-order valence-corrected chi connectivity index (χ0v) is 10.4. The van der Waals surface area contributed by atoms with Gasteiger partial charge < -0.3 is 15.3 Å². The second-order valence-electron chi connectivity index (χ2n) is 4.22. The van der Waals surface area contributed by atoms with E-state index in [0.29, 0.717) is 18.1 Å². The Kier molecular flexibility index (Phi) is 3.54. The molecule has 0 saturated carbocycles. The topological polar surface area (TPSA) is 52.6 Å². The highest BCUT2D eigenvalue weighted by atomic mass is 35.5. The van der Waals surface area contributed by atoms with Crippen molar-refractivity contribution in [2.24, 2.45) is 0 Å². The van der Waals surface area contributed by atoms with Gasteiger partial charge in [0.05, 0.1) is 0 Å². The van der Waals surface area contributed by atoms with E-state index in [1.807, 2.05) is 25.1 Å². The molecule has 0 bridgehead atoms. The molecular weight excluding hydrogens is 240 g/mol. The van der Waals surface area contributed by atoms with Crippen molar-refractivity contribution >= 4 is 23.3 Å². The SMILES string of the molecule is Cc1ccc(Cl)cc1N1CCNC(C(=O)O)C1. The lowest BCUT2D eigenvalue weighted by Crippen LogP contribution is -2.54. The smallest absolute Gasteiger partial charge is 0.322 e. The number of nitrogens with zero attached hydrogens (tertiary/aromatic N) is 1. The number of hydrogen-bond donors (Lipinski definition) is 2. The van der Waals surface area contributed by atoms with Crippen LogP contribution in [0.15, 0.2) is 18.2 Å². The predicted octanol–water partition coefficient (Wildman–Crippen LogP) is 1.51. The number of halogens is 1. The van der Waals surface area contributed by atoms with Gasteiger partial charge in [-0.25, -0.2) is 0 Å². The molecule has 1 aliphatic heterocycles. The first-order valence-electron chi connectivity index (χ1n) is 5.55. The van der Waals surface area contributed by atoms with Crippen molar-refractivity contribution in [2.45, 2.75) is 13.0 Å². The highest BCUT2D eigenvalue weighted by Crippen LogP contribution is 2.25. The summed E-state index contributed by atoms with van der Waals surface area (Å²) in [5.74, 6) is -0.811. The zero-order valence-electron chi connectivity index (χ0n) is 9.61. The van der Waals surface area contributed by atoms with E-state index in [9.17, 15) is 4.79 Å². The third kappa shape index (κ3) is 2.70. The van der Waals surface area contributed by atoms with E-state index in [0.717, 1.165) is 17.8 Å². The number of piperazine rings is 1. The minimum atomic E-state index is -0.811. The molecule has 1 atom stereocenters. The number of anilines is 1. The maximum absolute atomic E-state index is 11.0. The van der Waals surface area contributed by atoms with Gasteiger partial charge >= 0.3 is 5.97 Å². The lowest BCUT2D eigenvalue weighted by molar-refractivity contribution is -0.139. The minimum Gasteiger partial charge on any atom is -0.480 e. The lowest BCUT2D eigenvalue weighted by atomic mass is 10.1. The third-order valence-electron chi connectivity index (χ3n) is 2.99. The summed E-state index contributed by atoms with van der Waals surface area (Å²) >= 11 is 5.98. The highest BCUT2D eigenvalue weighted by Gasteiger charge is 2.25. The third-order valence-corrected chi connectivity index (χ3v) is 3.22. The lowest BCUT2D eigenvalue weighted by Gasteiger charge is -2.34. The van der Waals surface area contributed by atoms with Gasteiger partial charge in [-0.05, 0) is 24.6 Å². The molecule has 5 heteroatoms. The van der Waals surface area contributed by atoms with Crippen LogP contribution in [0.1, 0.15) is 5.56 Å². The predicted molar refractivity (Wildman–Crippen MR) is 67.8 cm³/mol. The molecule has 0 aliphatic carbocycles. The van der Waals surface area contributed by atoms with E-state index < -0.39 is 12.0 Å². The van der Waals surface area contributed by atoms with Gasteiger partial charge in [-0.15, -0.1) is 0 Å².